The Labute approximate surface area is 109 Å². The van der Waals surface area contributed by atoms with E-state index in [1.807, 2.05) is 10.9 Å². The number of aryl methyl sites for hydroxylation is 1. The summed E-state index contributed by atoms with van der Waals surface area (Å²) >= 11 is 0. The summed E-state index contributed by atoms with van der Waals surface area (Å²) in [6.07, 6.45) is 4.11. The molecule has 1 unspecified atom stereocenters. The Morgan fingerprint density at radius 2 is 2.33 bits per heavy atom. The minimum Gasteiger partial charge on any atom is -0.371 e. The predicted octanol–water partition coefficient (Wildman–Crippen LogP) is 1.01. The molecule has 102 valence electrons. The summed E-state index contributed by atoms with van der Waals surface area (Å²) in [4.78, 5) is 2.37. The van der Waals surface area contributed by atoms with Gasteiger partial charge in [-0.2, -0.15) is 5.10 Å². The van der Waals surface area contributed by atoms with Gasteiger partial charge >= 0.3 is 0 Å². The highest BCUT2D eigenvalue weighted by Crippen LogP contribution is 2.22. The molecule has 1 aromatic rings. The number of nitrogens with two attached hydrogens (primary N) is 1. The molecule has 2 N–H and O–H groups in total. The van der Waals surface area contributed by atoms with Crippen molar-refractivity contribution in [3.8, 4) is 0 Å². The van der Waals surface area contributed by atoms with Gasteiger partial charge in [0.2, 0.25) is 0 Å². The van der Waals surface area contributed by atoms with E-state index in [-0.39, 0.29) is 11.6 Å². The lowest BCUT2D eigenvalue weighted by Crippen LogP contribution is -2.49. The molecule has 1 aromatic heterocycles. The van der Waals surface area contributed by atoms with Crippen LogP contribution >= 0.6 is 0 Å². The lowest BCUT2D eigenvalue weighted by Gasteiger charge is -2.36. The Kier molecular flexibility index (Phi) is 4.04. The quantitative estimate of drug-likeness (QED) is 0.869. The minimum atomic E-state index is -0.157. The van der Waals surface area contributed by atoms with Gasteiger partial charge in [-0.05, 0) is 20.8 Å². The Balaban J connectivity index is 1.98. The average Bonchev–Trinajstić information content (AvgIpc) is 2.75. The molecule has 1 atom stereocenters. The number of aromatic nitrogens is 2. The van der Waals surface area contributed by atoms with E-state index in [1.54, 1.807) is 0 Å². The molecule has 2 rings (SSSR count). The molecule has 0 saturated carbocycles. The van der Waals surface area contributed by atoms with E-state index >= 15 is 0 Å². The second kappa shape index (κ2) is 5.38. The number of ether oxygens (including phenoxy) is 1. The van der Waals surface area contributed by atoms with Gasteiger partial charge in [0.1, 0.15) is 0 Å². The Bertz CT molecular complexity index is 383. The maximum atomic E-state index is 6.08. The maximum absolute atomic E-state index is 6.08. The van der Waals surface area contributed by atoms with Crippen LogP contribution in [-0.2, 0) is 11.3 Å². The second-order valence-corrected chi connectivity index (χ2v) is 5.71. The smallest absolute Gasteiger partial charge is 0.0982 e. The van der Waals surface area contributed by atoms with Crippen LogP contribution in [0.3, 0.4) is 0 Å². The largest absolute Gasteiger partial charge is 0.371 e. The number of hydrogen-bond acceptors (Lipinski definition) is 4. The van der Waals surface area contributed by atoms with Crippen molar-refractivity contribution in [2.45, 2.75) is 39.0 Å². The maximum Gasteiger partial charge on any atom is 0.0982 e. The molecule has 0 radical (unpaired) electrons. The lowest BCUT2D eigenvalue weighted by molar-refractivity contribution is -0.0347. The molecule has 1 fully saturated rings. The van der Waals surface area contributed by atoms with Gasteiger partial charge in [0.25, 0.3) is 0 Å². The number of hydrogen-bond donors (Lipinski definition) is 1. The molecule has 0 aromatic carbocycles. The monoisotopic (exact) mass is 252 g/mol. The normalized spacial score (nSPS) is 22.3. The summed E-state index contributed by atoms with van der Waals surface area (Å²) in [5.41, 5.74) is 7.08. The van der Waals surface area contributed by atoms with E-state index in [2.05, 4.69) is 37.0 Å². The Hall–Kier alpha value is -0.910. The first kappa shape index (κ1) is 13.5. The average molecular weight is 252 g/mol. The fourth-order valence-corrected chi connectivity index (χ4v) is 2.34. The summed E-state index contributed by atoms with van der Waals surface area (Å²) in [6.45, 7) is 10.6. The first-order valence-electron chi connectivity index (χ1n) is 6.63. The van der Waals surface area contributed by atoms with Crippen LogP contribution in [0.5, 0.6) is 0 Å². The highest BCUT2D eigenvalue weighted by molar-refractivity contribution is 5.09. The van der Waals surface area contributed by atoms with E-state index < -0.39 is 0 Å². The lowest BCUT2D eigenvalue weighted by atomic mass is 10.1. The third-order valence-corrected chi connectivity index (χ3v) is 3.13. The first-order valence-corrected chi connectivity index (χ1v) is 6.63. The number of nitrogens with zero attached hydrogens (tertiary/aromatic N) is 3. The van der Waals surface area contributed by atoms with Crippen LogP contribution in [0.4, 0.5) is 0 Å². The third kappa shape index (κ3) is 3.54. The molecule has 2 heterocycles. The van der Waals surface area contributed by atoms with Crippen molar-refractivity contribution in [1.29, 1.82) is 0 Å². The van der Waals surface area contributed by atoms with Crippen molar-refractivity contribution in [2.24, 2.45) is 5.73 Å². The second-order valence-electron chi connectivity index (χ2n) is 5.71. The van der Waals surface area contributed by atoms with Crippen LogP contribution < -0.4 is 5.73 Å². The zero-order valence-electron chi connectivity index (χ0n) is 11.6. The first-order chi connectivity index (χ1) is 8.48. The third-order valence-electron chi connectivity index (χ3n) is 3.13. The molecule has 1 aliphatic heterocycles. The van der Waals surface area contributed by atoms with Crippen LogP contribution in [0.1, 0.15) is 32.4 Å². The molecule has 5 heteroatoms. The van der Waals surface area contributed by atoms with Gasteiger partial charge in [-0.25, -0.2) is 0 Å². The van der Waals surface area contributed by atoms with Crippen LogP contribution in [-0.4, -0.2) is 46.5 Å². The van der Waals surface area contributed by atoms with Gasteiger partial charge in [0.05, 0.1) is 18.9 Å². The van der Waals surface area contributed by atoms with Crippen LogP contribution in [0.25, 0.3) is 0 Å². The molecule has 0 amide bonds. The fourth-order valence-electron chi connectivity index (χ4n) is 2.34. The van der Waals surface area contributed by atoms with Crippen LogP contribution in [0.15, 0.2) is 12.4 Å². The van der Waals surface area contributed by atoms with Gasteiger partial charge in [-0.3, -0.25) is 9.58 Å². The zero-order chi connectivity index (χ0) is 13.2. The molecule has 0 bridgehead atoms. The van der Waals surface area contributed by atoms with E-state index in [4.69, 9.17) is 10.5 Å². The zero-order valence-corrected chi connectivity index (χ0v) is 11.6. The molecule has 0 spiro atoms. The van der Waals surface area contributed by atoms with Crippen molar-refractivity contribution in [3.05, 3.63) is 18.0 Å². The highest BCUT2D eigenvalue weighted by Gasteiger charge is 2.26. The summed E-state index contributed by atoms with van der Waals surface area (Å²) in [5.74, 6) is 0. The molecule has 0 aliphatic carbocycles. The van der Waals surface area contributed by atoms with Crippen molar-refractivity contribution >= 4 is 0 Å². The van der Waals surface area contributed by atoms with Gasteiger partial charge in [0, 0.05) is 43.5 Å². The van der Waals surface area contributed by atoms with Gasteiger partial charge in [-0.15, -0.1) is 0 Å². The van der Waals surface area contributed by atoms with Crippen molar-refractivity contribution in [2.75, 3.05) is 26.2 Å². The van der Waals surface area contributed by atoms with Crippen molar-refractivity contribution in [1.82, 2.24) is 14.7 Å². The molecular weight excluding hydrogens is 228 g/mol. The Morgan fingerprint density at radius 3 is 2.94 bits per heavy atom. The van der Waals surface area contributed by atoms with Crippen molar-refractivity contribution < 1.29 is 4.74 Å². The Morgan fingerprint density at radius 1 is 1.56 bits per heavy atom. The minimum absolute atomic E-state index is 0.126. The van der Waals surface area contributed by atoms with E-state index in [9.17, 15) is 0 Å². The molecule has 5 nitrogen and oxygen atoms in total. The summed E-state index contributed by atoms with van der Waals surface area (Å²) < 4.78 is 7.77. The standard InChI is InChI=1S/C13H24N4O/c1-4-17-8-11(7-15-17)12-9-16(5-6-18-12)10-13(2,3)14/h7-8,12H,4-6,9-10,14H2,1-3H3. The van der Waals surface area contributed by atoms with Crippen LogP contribution in [0.2, 0.25) is 0 Å². The molecule has 18 heavy (non-hydrogen) atoms. The topological polar surface area (TPSA) is 56.3 Å². The highest BCUT2D eigenvalue weighted by atomic mass is 16.5. The van der Waals surface area contributed by atoms with E-state index in [0.29, 0.717) is 0 Å². The summed E-state index contributed by atoms with van der Waals surface area (Å²) in [6, 6.07) is 0. The summed E-state index contributed by atoms with van der Waals surface area (Å²) in [5, 5.41) is 4.30. The number of rotatable bonds is 4. The van der Waals surface area contributed by atoms with Gasteiger partial charge in [-0.1, -0.05) is 0 Å². The molecule has 1 saturated heterocycles. The summed E-state index contributed by atoms with van der Waals surface area (Å²) in [7, 11) is 0. The predicted molar refractivity (Wildman–Crippen MR) is 71.3 cm³/mol. The van der Waals surface area contributed by atoms with E-state index in [0.717, 1.165) is 38.3 Å². The SMILES string of the molecule is CCn1cc(C2CN(CC(C)(C)N)CCO2)cn1. The van der Waals surface area contributed by atoms with E-state index in [1.165, 1.54) is 0 Å². The molecular formula is C13H24N4O. The van der Waals surface area contributed by atoms with Crippen LogP contribution in [0, 0.1) is 0 Å². The molecule has 1 aliphatic rings. The van der Waals surface area contributed by atoms with Gasteiger partial charge in [0.15, 0.2) is 0 Å². The fraction of sp³-hybridized carbons (Fsp3) is 0.769. The number of morpholine rings is 1. The van der Waals surface area contributed by atoms with Gasteiger partial charge < -0.3 is 10.5 Å². The van der Waals surface area contributed by atoms with Crippen molar-refractivity contribution in [3.63, 3.8) is 0 Å².